The summed E-state index contributed by atoms with van der Waals surface area (Å²) in [6, 6.07) is 5.59. The van der Waals surface area contributed by atoms with Crippen molar-refractivity contribution in [3.8, 4) is 0 Å². The molecule has 2 N–H and O–H groups in total. The first-order valence-corrected chi connectivity index (χ1v) is 6.80. The Morgan fingerprint density at radius 1 is 1.40 bits per heavy atom. The SMILES string of the molecule is Cc1cccc(NC(=O)C(=O)N2CCC(CO)C2)c1C. The van der Waals surface area contributed by atoms with Crippen LogP contribution in [0.25, 0.3) is 0 Å². The number of aliphatic hydroxyl groups is 1. The predicted octanol–water partition coefficient (Wildman–Crippen LogP) is 1.08. The third-order valence-electron chi connectivity index (χ3n) is 3.88. The van der Waals surface area contributed by atoms with Crippen LogP contribution in [0.4, 0.5) is 5.69 Å². The van der Waals surface area contributed by atoms with Gasteiger partial charge in [-0.05, 0) is 37.5 Å². The molecule has 0 aromatic heterocycles. The molecule has 2 amide bonds. The molecule has 1 fully saturated rings. The molecule has 1 unspecified atom stereocenters. The van der Waals surface area contributed by atoms with E-state index in [2.05, 4.69) is 5.32 Å². The van der Waals surface area contributed by atoms with Crippen molar-refractivity contribution < 1.29 is 14.7 Å². The Morgan fingerprint density at radius 3 is 2.80 bits per heavy atom. The summed E-state index contributed by atoms with van der Waals surface area (Å²) in [7, 11) is 0. The Hall–Kier alpha value is -1.88. The zero-order valence-corrected chi connectivity index (χ0v) is 11.8. The van der Waals surface area contributed by atoms with E-state index in [0.29, 0.717) is 18.8 Å². The lowest BCUT2D eigenvalue weighted by atomic mass is 10.1. The number of carbonyl (C=O) groups excluding carboxylic acids is 2. The number of aliphatic hydroxyl groups excluding tert-OH is 1. The molecule has 1 aliphatic heterocycles. The highest BCUT2D eigenvalue weighted by Gasteiger charge is 2.29. The van der Waals surface area contributed by atoms with E-state index < -0.39 is 11.8 Å². The van der Waals surface area contributed by atoms with Crippen molar-refractivity contribution >= 4 is 17.5 Å². The molecule has 1 aromatic rings. The van der Waals surface area contributed by atoms with Gasteiger partial charge in [0.05, 0.1) is 0 Å². The van der Waals surface area contributed by atoms with Gasteiger partial charge < -0.3 is 15.3 Å². The molecule has 20 heavy (non-hydrogen) atoms. The molecule has 0 bridgehead atoms. The number of hydrogen-bond donors (Lipinski definition) is 2. The normalized spacial score (nSPS) is 18.1. The molecule has 0 aliphatic carbocycles. The van der Waals surface area contributed by atoms with Crippen LogP contribution in [0.2, 0.25) is 0 Å². The summed E-state index contributed by atoms with van der Waals surface area (Å²) in [6.07, 6.45) is 0.749. The minimum atomic E-state index is -0.614. The monoisotopic (exact) mass is 276 g/mol. The van der Waals surface area contributed by atoms with Crippen LogP contribution in [0.3, 0.4) is 0 Å². The summed E-state index contributed by atoms with van der Waals surface area (Å²) in [6.45, 7) is 4.91. The van der Waals surface area contributed by atoms with Crippen LogP contribution in [0.1, 0.15) is 17.5 Å². The average Bonchev–Trinajstić information content (AvgIpc) is 2.91. The van der Waals surface area contributed by atoms with E-state index in [0.717, 1.165) is 17.5 Å². The van der Waals surface area contributed by atoms with Gasteiger partial charge in [0.1, 0.15) is 0 Å². The van der Waals surface area contributed by atoms with Crippen LogP contribution in [0.5, 0.6) is 0 Å². The van der Waals surface area contributed by atoms with Crippen molar-refractivity contribution in [2.45, 2.75) is 20.3 Å². The molecule has 5 nitrogen and oxygen atoms in total. The summed E-state index contributed by atoms with van der Waals surface area (Å²) in [5.74, 6) is -1.05. The van der Waals surface area contributed by atoms with E-state index in [-0.39, 0.29) is 12.5 Å². The molecule has 1 saturated heterocycles. The van der Waals surface area contributed by atoms with Crippen molar-refractivity contribution in [2.24, 2.45) is 5.92 Å². The van der Waals surface area contributed by atoms with Gasteiger partial charge in [-0.15, -0.1) is 0 Å². The van der Waals surface area contributed by atoms with Crippen LogP contribution in [0.15, 0.2) is 18.2 Å². The number of amides is 2. The van der Waals surface area contributed by atoms with Gasteiger partial charge in [-0.1, -0.05) is 12.1 Å². The van der Waals surface area contributed by atoms with Crippen LogP contribution < -0.4 is 5.32 Å². The maximum Gasteiger partial charge on any atom is 0.313 e. The van der Waals surface area contributed by atoms with Crippen molar-refractivity contribution in [1.82, 2.24) is 4.90 Å². The van der Waals surface area contributed by atoms with E-state index in [4.69, 9.17) is 5.11 Å². The number of hydrogen-bond acceptors (Lipinski definition) is 3. The Kier molecular flexibility index (Phi) is 4.39. The number of carbonyl (C=O) groups is 2. The first-order valence-electron chi connectivity index (χ1n) is 6.80. The highest BCUT2D eigenvalue weighted by Crippen LogP contribution is 2.19. The van der Waals surface area contributed by atoms with Crippen LogP contribution >= 0.6 is 0 Å². The van der Waals surface area contributed by atoms with Gasteiger partial charge in [0.25, 0.3) is 0 Å². The number of nitrogens with zero attached hydrogens (tertiary/aromatic N) is 1. The van der Waals surface area contributed by atoms with E-state index in [9.17, 15) is 9.59 Å². The lowest BCUT2D eigenvalue weighted by Gasteiger charge is -2.16. The van der Waals surface area contributed by atoms with Gasteiger partial charge in [-0.2, -0.15) is 0 Å². The molecule has 108 valence electrons. The standard InChI is InChI=1S/C15H20N2O3/c1-10-4-3-5-13(11(10)2)16-14(19)15(20)17-7-6-12(8-17)9-18/h3-5,12,18H,6-9H2,1-2H3,(H,16,19). The molecule has 1 aromatic carbocycles. The van der Waals surface area contributed by atoms with E-state index >= 15 is 0 Å². The number of nitrogens with one attached hydrogen (secondary N) is 1. The first-order chi connectivity index (χ1) is 9.52. The van der Waals surface area contributed by atoms with Crippen molar-refractivity contribution in [1.29, 1.82) is 0 Å². The predicted molar refractivity (Wildman–Crippen MR) is 76.3 cm³/mol. The summed E-state index contributed by atoms with van der Waals surface area (Å²) < 4.78 is 0. The van der Waals surface area contributed by atoms with Crippen molar-refractivity contribution in [3.05, 3.63) is 29.3 Å². The molecule has 1 aliphatic rings. The molecule has 1 heterocycles. The lowest BCUT2D eigenvalue weighted by molar-refractivity contribution is -0.142. The number of aryl methyl sites for hydroxylation is 1. The minimum absolute atomic E-state index is 0.0579. The molecule has 5 heteroatoms. The van der Waals surface area contributed by atoms with Crippen molar-refractivity contribution in [3.63, 3.8) is 0 Å². The third-order valence-corrected chi connectivity index (χ3v) is 3.88. The Morgan fingerprint density at radius 2 is 2.15 bits per heavy atom. The summed E-state index contributed by atoms with van der Waals surface area (Å²) >= 11 is 0. The molecule has 0 radical (unpaired) electrons. The second-order valence-corrected chi connectivity index (χ2v) is 5.29. The van der Waals surface area contributed by atoms with Crippen LogP contribution in [-0.2, 0) is 9.59 Å². The largest absolute Gasteiger partial charge is 0.396 e. The van der Waals surface area contributed by atoms with Gasteiger partial charge in [-0.3, -0.25) is 9.59 Å². The van der Waals surface area contributed by atoms with E-state index in [1.54, 1.807) is 6.07 Å². The zero-order valence-electron chi connectivity index (χ0n) is 11.8. The summed E-state index contributed by atoms with van der Waals surface area (Å²) in [5.41, 5.74) is 2.70. The van der Waals surface area contributed by atoms with E-state index in [1.807, 2.05) is 26.0 Å². The number of rotatable bonds is 2. The van der Waals surface area contributed by atoms with E-state index in [1.165, 1.54) is 4.90 Å². The molecular formula is C15H20N2O3. The maximum absolute atomic E-state index is 12.0. The molecule has 1 atom stereocenters. The Balaban J connectivity index is 2.01. The lowest BCUT2D eigenvalue weighted by Crippen LogP contribution is -2.38. The van der Waals surface area contributed by atoms with Crippen LogP contribution in [-0.4, -0.2) is 41.5 Å². The second kappa shape index (κ2) is 6.05. The molecule has 2 rings (SSSR count). The zero-order chi connectivity index (χ0) is 14.7. The number of likely N-dealkylation sites (tertiary alicyclic amines) is 1. The van der Waals surface area contributed by atoms with Gasteiger partial charge in [0, 0.05) is 31.3 Å². The van der Waals surface area contributed by atoms with Crippen LogP contribution in [0, 0.1) is 19.8 Å². The Labute approximate surface area is 118 Å². The fraction of sp³-hybridized carbons (Fsp3) is 0.467. The quantitative estimate of drug-likeness (QED) is 0.794. The van der Waals surface area contributed by atoms with Gasteiger partial charge in [-0.25, -0.2) is 0 Å². The molecule has 0 saturated carbocycles. The Bertz CT molecular complexity index is 528. The molecular weight excluding hydrogens is 256 g/mol. The van der Waals surface area contributed by atoms with Gasteiger partial charge in [0.2, 0.25) is 0 Å². The highest BCUT2D eigenvalue weighted by molar-refractivity contribution is 6.39. The fourth-order valence-corrected chi connectivity index (χ4v) is 2.37. The number of benzene rings is 1. The smallest absolute Gasteiger partial charge is 0.313 e. The summed E-state index contributed by atoms with van der Waals surface area (Å²) in [4.78, 5) is 25.5. The summed E-state index contributed by atoms with van der Waals surface area (Å²) in [5, 5.41) is 11.7. The highest BCUT2D eigenvalue weighted by atomic mass is 16.3. The fourth-order valence-electron chi connectivity index (χ4n) is 2.37. The van der Waals surface area contributed by atoms with Gasteiger partial charge >= 0.3 is 11.8 Å². The second-order valence-electron chi connectivity index (χ2n) is 5.29. The average molecular weight is 276 g/mol. The topological polar surface area (TPSA) is 69.6 Å². The molecule has 0 spiro atoms. The first kappa shape index (κ1) is 14.5. The number of anilines is 1. The van der Waals surface area contributed by atoms with Gasteiger partial charge in [0.15, 0.2) is 0 Å². The minimum Gasteiger partial charge on any atom is -0.396 e. The van der Waals surface area contributed by atoms with Crippen molar-refractivity contribution in [2.75, 3.05) is 25.0 Å². The third kappa shape index (κ3) is 2.99. The maximum atomic E-state index is 12.0.